The third kappa shape index (κ3) is 4.03. The minimum absolute atomic E-state index is 0.0370. The number of amides is 1. The molecule has 3 nitrogen and oxygen atoms in total. The lowest BCUT2D eigenvalue weighted by molar-refractivity contribution is 0.0261. The average molecular weight is 271 g/mol. The van der Waals surface area contributed by atoms with Crippen LogP contribution in [-0.4, -0.2) is 29.2 Å². The van der Waals surface area contributed by atoms with Gasteiger partial charge in [0, 0.05) is 12.1 Å². The third-order valence-corrected chi connectivity index (χ3v) is 3.04. The van der Waals surface area contributed by atoms with Crippen molar-refractivity contribution in [1.82, 2.24) is 4.90 Å². The molecule has 1 amide bonds. The predicted molar refractivity (Wildman–Crippen MR) is 79.3 cm³/mol. The Balaban J connectivity index is 2.05. The van der Waals surface area contributed by atoms with E-state index in [1.807, 2.05) is 51.1 Å². The zero-order chi connectivity index (χ0) is 14.6. The van der Waals surface area contributed by atoms with Crippen molar-refractivity contribution in [2.45, 2.75) is 45.3 Å². The quantitative estimate of drug-likeness (QED) is 0.676. The maximum Gasteiger partial charge on any atom is 0.411 e. The summed E-state index contributed by atoms with van der Waals surface area (Å²) in [4.78, 5) is 13.9. The van der Waals surface area contributed by atoms with Gasteiger partial charge in [0.1, 0.15) is 5.60 Å². The lowest BCUT2D eigenvalue weighted by Crippen LogP contribution is -2.39. The molecular weight excluding hydrogens is 250 g/mol. The topological polar surface area (TPSA) is 29.5 Å². The SMILES string of the molecule is CC(C)(C)OC(=O)N1CCC[C@H]1C#Cc1ccccc1. The minimum atomic E-state index is -0.461. The Morgan fingerprint density at radius 1 is 1.30 bits per heavy atom. The van der Waals surface area contributed by atoms with Crippen molar-refractivity contribution in [3.05, 3.63) is 35.9 Å². The van der Waals surface area contributed by atoms with E-state index in [9.17, 15) is 4.79 Å². The van der Waals surface area contributed by atoms with E-state index < -0.39 is 5.60 Å². The fourth-order valence-electron chi connectivity index (χ4n) is 2.14. The van der Waals surface area contributed by atoms with Crippen molar-refractivity contribution in [3.8, 4) is 11.8 Å². The van der Waals surface area contributed by atoms with Crippen LogP contribution in [0.1, 0.15) is 39.2 Å². The largest absolute Gasteiger partial charge is 0.444 e. The summed E-state index contributed by atoms with van der Waals surface area (Å²) in [6.07, 6.45) is 1.63. The van der Waals surface area contributed by atoms with Gasteiger partial charge in [0.2, 0.25) is 0 Å². The molecule has 106 valence electrons. The number of ether oxygens (including phenoxy) is 1. The molecule has 1 aliphatic rings. The molecule has 3 heteroatoms. The summed E-state index contributed by atoms with van der Waals surface area (Å²) >= 11 is 0. The van der Waals surface area contributed by atoms with E-state index in [-0.39, 0.29) is 12.1 Å². The first-order valence-corrected chi connectivity index (χ1v) is 7.02. The van der Waals surface area contributed by atoms with E-state index in [2.05, 4.69) is 11.8 Å². The fraction of sp³-hybridized carbons (Fsp3) is 0.471. The molecule has 0 radical (unpaired) electrons. The van der Waals surface area contributed by atoms with Crippen molar-refractivity contribution < 1.29 is 9.53 Å². The normalized spacial score (nSPS) is 18.4. The first-order valence-electron chi connectivity index (χ1n) is 7.02. The van der Waals surface area contributed by atoms with Gasteiger partial charge in [-0.3, -0.25) is 4.90 Å². The summed E-state index contributed by atoms with van der Waals surface area (Å²) in [6.45, 7) is 6.37. The van der Waals surface area contributed by atoms with Gasteiger partial charge in [-0.1, -0.05) is 30.0 Å². The van der Waals surface area contributed by atoms with Gasteiger partial charge in [-0.15, -0.1) is 0 Å². The van der Waals surface area contributed by atoms with Crippen LogP contribution in [0.5, 0.6) is 0 Å². The average Bonchev–Trinajstić information content (AvgIpc) is 2.84. The Morgan fingerprint density at radius 3 is 2.65 bits per heavy atom. The summed E-state index contributed by atoms with van der Waals surface area (Å²) in [6, 6.07) is 9.80. The molecular formula is C17H21NO2. The highest BCUT2D eigenvalue weighted by Gasteiger charge is 2.30. The zero-order valence-electron chi connectivity index (χ0n) is 12.3. The Labute approximate surface area is 120 Å². The van der Waals surface area contributed by atoms with E-state index in [4.69, 9.17) is 4.74 Å². The molecule has 1 aromatic carbocycles. The van der Waals surface area contributed by atoms with Gasteiger partial charge < -0.3 is 4.74 Å². The smallest absolute Gasteiger partial charge is 0.411 e. The highest BCUT2D eigenvalue weighted by Crippen LogP contribution is 2.20. The number of carbonyl (C=O) groups is 1. The highest BCUT2D eigenvalue weighted by atomic mass is 16.6. The van der Waals surface area contributed by atoms with Crippen molar-refractivity contribution in [1.29, 1.82) is 0 Å². The molecule has 0 N–H and O–H groups in total. The molecule has 0 spiro atoms. The zero-order valence-corrected chi connectivity index (χ0v) is 12.3. The minimum Gasteiger partial charge on any atom is -0.444 e. The molecule has 1 aliphatic heterocycles. The van der Waals surface area contributed by atoms with Gasteiger partial charge in [-0.05, 0) is 45.7 Å². The van der Waals surface area contributed by atoms with Crippen molar-refractivity contribution >= 4 is 6.09 Å². The maximum absolute atomic E-state index is 12.1. The van der Waals surface area contributed by atoms with Gasteiger partial charge in [0.05, 0.1) is 6.04 Å². The van der Waals surface area contributed by atoms with Gasteiger partial charge in [0.15, 0.2) is 0 Å². The van der Waals surface area contributed by atoms with Crippen LogP contribution in [0.25, 0.3) is 0 Å². The highest BCUT2D eigenvalue weighted by molar-refractivity contribution is 5.69. The molecule has 0 aromatic heterocycles. The first-order chi connectivity index (χ1) is 9.46. The van der Waals surface area contributed by atoms with Crippen LogP contribution >= 0.6 is 0 Å². The molecule has 0 saturated carbocycles. The molecule has 1 aromatic rings. The van der Waals surface area contributed by atoms with Crippen molar-refractivity contribution in [2.75, 3.05) is 6.54 Å². The number of nitrogens with zero attached hydrogens (tertiary/aromatic N) is 1. The number of likely N-dealkylation sites (tertiary alicyclic amines) is 1. The molecule has 20 heavy (non-hydrogen) atoms. The van der Waals surface area contributed by atoms with E-state index >= 15 is 0 Å². The molecule has 0 aliphatic carbocycles. The molecule has 1 heterocycles. The summed E-state index contributed by atoms with van der Waals surface area (Å²) in [5, 5.41) is 0. The Bertz CT molecular complexity index is 519. The summed E-state index contributed by atoms with van der Waals surface area (Å²) in [5.41, 5.74) is 0.514. The van der Waals surface area contributed by atoms with Gasteiger partial charge in [-0.2, -0.15) is 0 Å². The summed E-state index contributed by atoms with van der Waals surface area (Å²) < 4.78 is 5.42. The van der Waals surface area contributed by atoms with E-state index in [1.54, 1.807) is 4.90 Å². The fourth-order valence-corrected chi connectivity index (χ4v) is 2.14. The molecule has 0 unspecified atom stereocenters. The van der Waals surface area contributed by atoms with Crippen LogP contribution in [0.4, 0.5) is 4.79 Å². The molecule has 1 fully saturated rings. The second-order valence-electron chi connectivity index (χ2n) is 5.97. The summed E-state index contributed by atoms with van der Waals surface area (Å²) in [7, 11) is 0. The Hall–Kier alpha value is -1.95. The predicted octanol–water partition coefficient (Wildman–Crippen LogP) is 3.44. The van der Waals surface area contributed by atoms with E-state index in [1.165, 1.54) is 0 Å². The van der Waals surface area contributed by atoms with Crippen LogP contribution in [0.3, 0.4) is 0 Å². The van der Waals surface area contributed by atoms with E-state index in [0.717, 1.165) is 24.9 Å². The number of rotatable bonds is 0. The van der Waals surface area contributed by atoms with Crippen LogP contribution in [0.15, 0.2) is 30.3 Å². The molecule has 2 rings (SSSR count). The van der Waals surface area contributed by atoms with Crippen molar-refractivity contribution in [2.24, 2.45) is 0 Å². The van der Waals surface area contributed by atoms with Gasteiger partial charge >= 0.3 is 6.09 Å². The lowest BCUT2D eigenvalue weighted by atomic mass is 10.2. The summed E-state index contributed by atoms with van der Waals surface area (Å²) in [5.74, 6) is 6.32. The first kappa shape index (κ1) is 14.5. The monoisotopic (exact) mass is 271 g/mol. The van der Waals surface area contributed by atoms with Gasteiger partial charge in [-0.25, -0.2) is 4.79 Å². The molecule has 1 saturated heterocycles. The number of benzene rings is 1. The maximum atomic E-state index is 12.1. The second-order valence-corrected chi connectivity index (χ2v) is 5.97. The lowest BCUT2D eigenvalue weighted by Gasteiger charge is -2.26. The van der Waals surface area contributed by atoms with Gasteiger partial charge in [0.25, 0.3) is 0 Å². The number of hydrogen-bond donors (Lipinski definition) is 0. The van der Waals surface area contributed by atoms with Crippen LogP contribution in [-0.2, 0) is 4.74 Å². The molecule has 1 atom stereocenters. The van der Waals surface area contributed by atoms with Crippen LogP contribution < -0.4 is 0 Å². The number of carbonyl (C=O) groups excluding carboxylic acids is 1. The van der Waals surface area contributed by atoms with E-state index in [0.29, 0.717) is 0 Å². The molecule has 0 bridgehead atoms. The second kappa shape index (κ2) is 6.00. The Kier molecular flexibility index (Phi) is 4.34. The standard InChI is InChI=1S/C17H21NO2/c1-17(2,3)20-16(19)18-13-7-10-15(18)12-11-14-8-5-4-6-9-14/h4-6,8-9,15H,7,10,13H2,1-3H3/t15-/m0/s1. The Morgan fingerprint density at radius 2 is 2.00 bits per heavy atom. The third-order valence-electron chi connectivity index (χ3n) is 3.04. The van der Waals surface area contributed by atoms with Crippen LogP contribution in [0.2, 0.25) is 0 Å². The van der Waals surface area contributed by atoms with Crippen molar-refractivity contribution in [3.63, 3.8) is 0 Å². The number of hydrogen-bond acceptors (Lipinski definition) is 2. The van der Waals surface area contributed by atoms with Crippen LogP contribution in [0, 0.1) is 11.8 Å².